The molecule has 0 aromatic heterocycles. The summed E-state index contributed by atoms with van der Waals surface area (Å²) in [4.78, 5) is 2.34. The normalized spacial score (nSPS) is 25.4. The Morgan fingerprint density at radius 1 is 0.938 bits per heavy atom. The average molecular weight is 329 g/mol. The molecule has 0 radical (unpaired) electrons. The van der Waals surface area contributed by atoms with Gasteiger partial charge in [0.1, 0.15) is 0 Å². The Balaban J connectivity index is 2.33. The highest BCUT2D eigenvalue weighted by Crippen LogP contribution is 2.33. The fourth-order valence-corrected chi connectivity index (χ4v) is 6.26. The maximum absolute atomic E-state index is 5.40. The molecule has 1 aliphatic rings. The lowest BCUT2D eigenvalue weighted by Crippen LogP contribution is -2.31. The van der Waals surface area contributed by atoms with Crippen molar-refractivity contribution in [3.05, 3.63) is 0 Å². The molecule has 0 bridgehead atoms. The molecule has 0 aromatic carbocycles. The Bertz CT molecular complexity index is 218. The van der Waals surface area contributed by atoms with Crippen LogP contribution in [0.4, 0.5) is 0 Å². The monoisotopic (exact) mass is 328 g/mol. The standard InChI is InChI=1S/C10H16S6/c11-3-1-7(13)9-5-16-10(6-15-9)8(14)2-4-12/h9-12H,1-6H2. The van der Waals surface area contributed by atoms with Gasteiger partial charge in [0.15, 0.2) is 0 Å². The van der Waals surface area contributed by atoms with Crippen LogP contribution < -0.4 is 0 Å². The lowest BCUT2D eigenvalue weighted by molar-refractivity contribution is 1.17. The highest BCUT2D eigenvalue weighted by atomic mass is 32.2. The molecule has 0 saturated carbocycles. The van der Waals surface area contributed by atoms with Crippen LogP contribution in [0.1, 0.15) is 12.8 Å². The molecule has 1 fully saturated rings. The molecule has 0 amide bonds. The van der Waals surface area contributed by atoms with E-state index < -0.39 is 0 Å². The molecule has 1 saturated heterocycles. The van der Waals surface area contributed by atoms with Crippen molar-refractivity contribution < 1.29 is 0 Å². The highest BCUT2D eigenvalue weighted by Gasteiger charge is 2.26. The number of thiocarbonyl (C=S) groups is 2. The van der Waals surface area contributed by atoms with Gasteiger partial charge in [-0.25, -0.2) is 0 Å². The van der Waals surface area contributed by atoms with E-state index in [-0.39, 0.29) is 0 Å². The largest absolute Gasteiger partial charge is 0.179 e. The maximum atomic E-state index is 5.40. The Kier molecular flexibility index (Phi) is 8.45. The van der Waals surface area contributed by atoms with Crippen LogP contribution >= 0.6 is 73.2 Å². The van der Waals surface area contributed by atoms with Crippen molar-refractivity contribution in [2.24, 2.45) is 0 Å². The summed E-state index contributed by atoms with van der Waals surface area (Å²) in [6, 6.07) is 0. The van der Waals surface area contributed by atoms with Crippen molar-refractivity contribution in [3.8, 4) is 0 Å². The summed E-state index contributed by atoms with van der Waals surface area (Å²) in [6.07, 6.45) is 1.92. The van der Waals surface area contributed by atoms with Gasteiger partial charge in [0, 0.05) is 31.7 Å². The van der Waals surface area contributed by atoms with Gasteiger partial charge in [-0.1, -0.05) is 24.4 Å². The minimum Gasteiger partial charge on any atom is -0.179 e. The van der Waals surface area contributed by atoms with Crippen LogP contribution in [-0.4, -0.2) is 43.2 Å². The van der Waals surface area contributed by atoms with Crippen LogP contribution in [0.2, 0.25) is 0 Å². The lowest BCUT2D eigenvalue weighted by atomic mass is 10.2. The summed E-state index contributed by atoms with van der Waals surface area (Å²) in [5, 5.41) is 1.06. The summed E-state index contributed by atoms with van der Waals surface area (Å²) in [5.41, 5.74) is 0. The third-order valence-corrected chi connectivity index (χ3v) is 7.24. The molecule has 0 N–H and O–H groups in total. The Labute approximate surface area is 128 Å². The second-order valence-corrected chi connectivity index (χ2v) is 7.94. The first kappa shape index (κ1) is 15.6. The maximum Gasteiger partial charge on any atom is 0.0452 e. The number of hydrogen-bond acceptors (Lipinski definition) is 6. The molecule has 1 aliphatic heterocycles. The summed E-state index contributed by atoms with van der Waals surface area (Å²) in [6.45, 7) is 0. The molecule has 1 rings (SSSR count). The second-order valence-electron chi connectivity index (χ2n) is 3.52. The smallest absolute Gasteiger partial charge is 0.0452 e. The quantitative estimate of drug-likeness (QED) is 0.564. The van der Waals surface area contributed by atoms with Gasteiger partial charge in [-0.05, 0) is 24.3 Å². The van der Waals surface area contributed by atoms with E-state index >= 15 is 0 Å². The SMILES string of the molecule is S=C(CCS)C1CSC(C(=S)CCS)CS1. The van der Waals surface area contributed by atoms with E-state index in [9.17, 15) is 0 Å². The molecule has 0 aliphatic carbocycles. The average Bonchev–Trinajstić information content (AvgIpc) is 2.30. The van der Waals surface area contributed by atoms with Gasteiger partial charge in [-0.3, -0.25) is 0 Å². The fourth-order valence-electron chi connectivity index (χ4n) is 1.42. The summed E-state index contributed by atoms with van der Waals surface area (Å²) >= 11 is 23.2. The van der Waals surface area contributed by atoms with Gasteiger partial charge >= 0.3 is 0 Å². The van der Waals surface area contributed by atoms with Crippen molar-refractivity contribution in [1.29, 1.82) is 0 Å². The van der Waals surface area contributed by atoms with Crippen molar-refractivity contribution in [2.45, 2.75) is 23.3 Å². The number of rotatable bonds is 6. The van der Waals surface area contributed by atoms with Gasteiger partial charge in [0.25, 0.3) is 0 Å². The third-order valence-electron chi connectivity index (χ3n) is 2.33. The fraction of sp³-hybridized carbons (Fsp3) is 0.800. The molecule has 2 unspecified atom stereocenters. The summed E-state index contributed by atoms with van der Waals surface area (Å²) < 4.78 is 0. The first-order valence-electron chi connectivity index (χ1n) is 5.19. The van der Waals surface area contributed by atoms with Crippen molar-refractivity contribution in [1.82, 2.24) is 0 Å². The topological polar surface area (TPSA) is 0 Å². The molecule has 16 heavy (non-hydrogen) atoms. The van der Waals surface area contributed by atoms with E-state index in [1.54, 1.807) is 0 Å². The molecule has 0 aromatic rings. The number of hydrogen-bond donors (Lipinski definition) is 2. The van der Waals surface area contributed by atoms with Crippen LogP contribution in [0.25, 0.3) is 0 Å². The summed E-state index contributed by atoms with van der Waals surface area (Å²) in [5.74, 6) is 3.94. The lowest BCUT2D eigenvalue weighted by Gasteiger charge is -2.28. The Morgan fingerprint density at radius 2 is 1.31 bits per heavy atom. The zero-order valence-corrected chi connectivity index (χ0v) is 14.0. The summed E-state index contributed by atoms with van der Waals surface area (Å²) in [7, 11) is 0. The molecule has 92 valence electrons. The van der Waals surface area contributed by atoms with Crippen molar-refractivity contribution in [3.63, 3.8) is 0 Å². The second kappa shape index (κ2) is 8.64. The van der Waals surface area contributed by atoms with E-state index in [4.69, 9.17) is 24.4 Å². The van der Waals surface area contributed by atoms with Gasteiger partial charge in [-0.15, -0.1) is 0 Å². The number of thioether (sulfide) groups is 2. The van der Waals surface area contributed by atoms with Gasteiger partial charge in [-0.2, -0.15) is 48.8 Å². The third kappa shape index (κ3) is 5.06. The van der Waals surface area contributed by atoms with E-state index in [0.29, 0.717) is 10.5 Å². The van der Waals surface area contributed by atoms with Gasteiger partial charge in [0.2, 0.25) is 0 Å². The predicted molar refractivity (Wildman–Crippen MR) is 94.6 cm³/mol. The zero-order valence-electron chi connectivity index (χ0n) is 8.92. The molecular weight excluding hydrogens is 313 g/mol. The van der Waals surface area contributed by atoms with E-state index in [0.717, 1.165) is 35.9 Å². The van der Waals surface area contributed by atoms with Crippen LogP contribution in [0.5, 0.6) is 0 Å². The molecule has 2 atom stereocenters. The van der Waals surface area contributed by atoms with Crippen LogP contribution in [0, 0.1) is 0 Å². The molecule has 0 spiro atoms. The first-order valence-corrected chi connectivity index (χ1v) is 9.37. The zero-order chi connectivity index (χ0) is 12.0. The minimum atomic E-state index is 0.530. The van der Waals surface area contributed by atoms with Crippen molar-refractivity contribution in [2.75, 3.05) is 23.0 Å². The molecular formula is C10H16S6. The van der Waals surface area contributed by atoms with Crippen LogP contribution in [-0.2, 0) is 0 Å². The molecule has 1 heterocycles. The number of thiol groups is 2. The minimum absolute atomic E-state index is 0.530. The van der Waals surface area contributed by atoms with E-state index in [1.807, 2.05) is 23.5 Å². The van der Waals surface area contributed by atoms with Crippen LogP contribution in [0.15, 0.2) is 0 Å². The van der Waals surface area contributed by atoms with Crippen molar-refractivity contribution >= 4 is 82.9 Å². The van der Waals surface area contributed by atoms with Crippen LogP contribution in [0.3, 0.4) is 0 Å². The Morgan fingerprint density at radius 3 is 1.56 bits per heavy atom. The Hall–Kier alpha value is 1.58. The highest BCUT2D eigenvalue weighted by molar-refractivity contribution is 8.09. The molecule has 6 heteroatoms. The first-order chi connectivity index (χ1) is 7.69. The van der Waals surface area contributed by atoms with Gasteiger partial charge in [0.05, 0.1) is 0 Å². The predicted octanol–water partition coefficient (Wildman–Crippen LogP) is 3.58. The van der Waals surface area contributed by atoms with E-state index in [1.165, 1.54) is 9.73 Å². The van der Waals surface area contributed by atoms with E-state index in [2.05, 4.69) is 25.3 Å². The van der Waals surface area contributed by atoms with Gasteiger partial charge < -0.3 is 0 Å². The molecule has 0 nitrogen and oxygen atoms in total.